The van der Waals surface area contributed by atoms with Gasteiger partial charge in [-0.2, -0.15) is 5.32 Å². The van der Waals surface area contributed by atoms with Gasteiger partial charge in [0.05, 0.1) is 19.3 Å². The summed E-state index contributed by atoms with van der Waals surface area (Å²) in [4.78, 5) is 30.8. The minimum absolute atomic E-state index is 0.0110. The van der Waals surface area contributed by atoms with E-state index in [2.05, 4.69) is 10.2 Å². The summed E-state index contributed by atoms with van der Waals surface area (Å²) in [6.07, 6.45) is -2.10. The van der Waals surface area contributed by atoms with Crippen molar-refractivity contribution >= 4 is 37.9 Å². The number of amides is 3. The standard InChI is InChI=1S/C23H35N5O7PS/c1-14(2)28(15(3)4)36(34-17(6)24-7)35-19-16(5)32-21(27-9-8-18(29)25-22(27)30)20(19)33-23(37)26-10-12-31-13-11-26/h8-9,14-17,19-21H,10-13H2,1-6H3/t16-,17?,19?,20+,21-,36?/m1/s1/i5D. The number of urea groups is 1. The molecule has 3 aliphatic heterocycles. The number of imide groups is 1. The summed E-state index contributed by atoms with van der Waals surface area (Å²) in [6.45, 7) is 18.9. The minimum Gasteiger partial charge on any atom is -0.460 e. The number of nitrogens with zero attached hydrogens (tertiary/aromatic N) is 5. The third-order valence-electron chi connectivity index (χ3n) is 5.75. The summed E-state index contributed by atoms with van der Waals surface area (Å²) in [6, 6.07) is -0.794. The Balaban J connectivity index is 1.96. The molecule has 205 valence electrons. The Hall–Kier alpha value is -1.91. The molecule has 3 rings (SSSR count). The Labute approximate surface area is 226 Å². The molecule has 2 saturated heterocycles. The van der Waals surface area contributed by atoms with Crippen LogP contribution in [0.25, 0.3) is 4.85 Å². The van der Waals surface area contributed by atoms with E-state index < -0.39 is 51.2 Å². The van der Waals surface area contributed by atoms with Crippen molar-refractivity contribution in [3.8, 4) is 0 Å². The van der Waals surface area contributed by atoms with Gasteiger partial charge in [0.15, 0.2) is 12.3 Å². The summed E-state index contributed by atoms with van der Waals surface area (Å²) in [5, 5.41) is 3.67. The van der Waals surface area contributed by atoms with E-state index in [9.17, 15) is 9.59 Å². The largest absolute Gasteiger partial charge is 0.460 e. The van der Waals surface area contributed by atoms with Crippen molar-refractivity contribution in [1.29, 1.82) is 0 Å². The smallest absolute Gasteiger partial charge is 0.353 e. The molecule has 0 aliphatic carbocycles. The van der Waals surface area contributed by atoms with Crippen LogP contribution in [0, 0.1) is 6.57 Å². The van der Waals surface area contributed by atoms with Gasteiger partial charge in [-0.1, -0.05) is 0 Å². The first-order valence-corrected chi connectivity index (χ1v) is 13.6. The number of rotatable bonds is 9. The number of morpholine rings is 1. The van der Waals surface area contributed by atoms with Gasteiger partial charge in [0.1, 0.15) is 6.10 Å². The number of ether oxygens (including phenoxy) is 3. The summed E-state index contributed by atoms with van der Waals surface area (Å²) in [7, 11) is -1.81. The Bertz CT molecular complexity index is 924. The van der Waals surface area contributed by atoms with Gasteiger partial charge in [0.2, 0.25) is 0 Å². The molecule has 0 spiro atoms. The second-order valence-electron chi connectivity index (χ2n) is 9.18. The molecule has 3 aliphatic rings. The lowest BCUT2D eigenvalue weighted by Crippen LogP contribution is -2.52. The maximum absolute atomic E-state index is 12.7. The van der Waals surface area contributed by atoms with Gasteiger partial charge in [-0.15, -0.1) is 0 Å². The average Bonchev–Trinajstić information content (AvgIpc) is 3.20. The van der Waals surface area contributed by atoms with Crippen LogP contribution in [0.2, 0.25) is 0 Å². The van der Waals surface area contributed by atoms with E-state index in [1.54, 1.807) is 6.92 Å². The molecular weight excluding hydrogens is 521 g/mol. The number of hydrogen-bond acceptors (Lipinski definition) is 9. The predicted molar refractivity (Wildman–Crippen MR) is 139 cm³/mol. The average molecular weight is 558 g/mol. The van der Waals surface area contributed by atoms with Crippen molar-refractivity contribution in [2.45, 2.75) is 84.4 Å². The highest BCUT2D eigenvalue weighted by Gasteiger charge is 2.52. The van der Waals surface area contributed by atoms with E-state index >= 15 is 0 Å². The van der Waals surface area contributed by atoms with Crippen molar-refractivity contribution in [2.24, 2.45) is 0 Å². The third-order valence-corrected chi connectivity index (χ3v) is 8.32. The Morgan fingerprint density at radius 1 is 1.27 bits per heavy atom. The lowest BCUT2D eigenvalue weighted by Gasteiger charge is -2.38. The summed E-state index contributed by atoms with van der Waals surface area (Å²) >= 11 is 5.59. The second-order valence-corrected chi connectivity index (χ2v) is 10.9. The molecule has 37 heavy (non-hydrogen) atoms. The lowest BCUT2D eigenvalue weighted by atomic mass is 10.1. The Morgan fingerprint density at radius 3 is 2.51 bits per heavy atom. The SMILES string of the molecule is [2H]C[C@H]1O[C@@H](N2C=CC(=O)[N]C2=O)[C@@H](OC(=S)N2CCOCC2)C1OP(OC(C)[N+]#[C-])N(C(C)C)C(C)C. The summed E-state index contributed by atoms with van der Waals surface area (Å²) in [5.41, 5.74) is 0. The summed E-state index contributed by atoms with van der Waals surface area (Å²) < 4.78 is 40.6. The van der Waals surface area contributed by atoms with E-state index in [0.29, 0.717) is 26.3 Å². The van der Waals surface area contributed by atoms with Crippen LogP contribution < -0.4 is 5.32 Å². The highest BCUT2D eigenvalue weighted by Crippen LogP contribution is 2.50. The van der Waals surface area contributed by atoms with Crippen molar-refractivity contribution in [1.82, 2.24) is 19.8 Å². The van der Waals surface area contributed by atoms with Crippen LogP contribution in [0.3, 0.4) is 0 Å². The molecule has 0 aromatic heterocycles. The van der Waals surface area contributed by atoms with Crippen LogP contribution in [0.4, 0.5) is 4.79 Å². The van der Waals surface area contributed by atoms with Gasteiger partial charge in [-0.05, 0) is 46.8 Å². The Morgan fingerprint density at radius 2 is 1.95 bits per heavy atom. The molecule has 0 aromatic rings. The number of hydrogen-bond donors (Lipinski definition) is 0. The summed E-state index contributed by atoms with van der Waals surface area (Å²) in [5.74, 6) is -0.676. The zero-order valence-corrected chi connectivity index (χ0v) is 23.4. The van der Waals surface area contributed by atoms with Gasteiger partial charge in [-0.3, -0.25) is 14.5 Å². The van der Waals surface area contributed by atoms with Crippen LogP contribution in [0.15, 0.2) is 12.3 Å². The first-order valence-electron chi connectivity index (χ1n) is 12.8. The van der Waals surface area contributed by atoms with E-state index in [0.717, 1.165) is 11.0 Å². The highest BCUT2D eigenvalue weighted by atomic mass is 32.1. The molecule has 0 bridgehead atoms. The molecule has 3 unspecified atom stereocenters. The fraction of sp³-hybridized carbons (Fsp3) is 0.739. The quantitative estimate of drug-likeness (QED) is 0.239. The lowest BCUT2D eigenvalue weighted by molar-refractivity contribution is -0.117. The van der Waals surface area contributed by atoms with E-state index in [1.165, 1.54) is 6.20 Å². The highest BCUT2D eigenvalue weighted by molar-refractivity contribution is 7.80. The topological polar surface area (TPSA) is 108 Å². The molecule has 0 N–H and O–H groups in total. The molecule has 3 heterocycles. The van der Waals surface area contributed by atoms with Crippen molar-refractivity contribution in [3.05, 3.63) is 23.7 Å². The van der Waals surface area contributed by atoms with Gasteiger partial charge >= 0.3 is 12.3 Å². The van der Waals surface area contributed by atoms with Gasteiger partial charge in [0, 0.05) is 45.7 Å². The van der Waals surface area contributed by atoms with Crippen LogP contribution in [-0.4, -0.2) is 101 Å². The van der Waals surface area contributed by atoms with E-state index in [-0.39, 0.29) is 24.2 Å². The number of thiocarbonyl (C=S) groups is 1. The van der Waals surface area contributed by atoms with Crippen LogP contribution >= 0.6 is 20.7 Å². The minimum atomic E-state index is -1.81. The van der Waals surface area contributed by atoms with Gasteiger partial charge < -0.3 is 23.6 Å². The molecule has 1 radical (unpaired) electrons. The zero-order chi connectivity index (χ0) is 28.0. The number of carbonyl (C=O) groups is 2. The normalized spacial score (nSPS) is 28.4. The molecular formula is C23H35N5O7PS. The van der Waals surface area contributed by atoms with E-state index in [4.69, 9.17) is 43.4 Å². The molecule has 12 nitrogen and oxygen atoms in total. The molecule has 3 amide bonds. The van der Waals surface area contributed by atoms with Crippen LogP contribution in [0.5, 0.6) is 0 Å². The van der Waals surface area contributed by atoms with Crippen LogP contribution in [0.1, 0.15) is 42.9 Å². The Kier molecular flexibility index (Phi) is 10.1. The molecule has 2 fully saturated rings. The maximum Gasteiger partial charge on any atom is 0.353 e. The number of carbonyl (C=O) groups excluding carboxylic acids is 2. The first kappa shape index (κ1) is 28.1. The molecule has 0 aromatic carbocycles. The van der Waals surface area contributed by atoms with Crippen molar-refractivity contribution in [2.75, 3.05) is 26.3 Å². The van der Waals surface area contributed by atoms with Crippen molar-refractivity contribution in [3.63, 3.8) is 0 Å². The molecule has 6 atom stereocenters. The first-order chi connectivity index (χ1) is 18.1. The van der Waals surface area contributed by atoms with Gasteiger partial charge in [-0.25, -0.2) is 20.6 Å². The van der Waals surface area contributed by atoms with E-state index in [1.807, 2.05) is 37.3 Å². The predicted octanol–water partition coefficient (Wildman–Crippen LogP) is 2.83. The van der Waals surface area contributed by atoms with Crippen molar-refractivity contribution < 1.29 is 34.2 Å². The maximum atomic E-state index is 12.7. The molecule has 0 saturated carbocycles. The zero-order valence-electron chi connectivity index (χ0n) is 22.7. The third kappa shape index (κ3) is 7.35. The fourth-order valence-electron chi connectivity index (χ4n) is 4.08. The van der Waals surface area contributed by atoms with Crippen LogP contribution in [-0.2, 0) is 28.1 Å². The fourth-order valence-corrected chi connectivity index (χ4v) is 6.17. The monoisotopic (exact) mass is 557 g/mol. The second kappa shape index (κ2) is 13.2. The molecule has 14 heteroatoms. The van der Waals surface area contributed by atoms with Gasteiger partial charge in [0.25, 0.3) is 19.6 Å².